The van der Waals surface area contributed by atoms with Crippen LogP contribution in [-0.4, -0.2) is 61.1 Å². The van der Waals surface area contributed by atoms with Gasteiger partial charge in [0, 0.05) is 12.6 Å². The number of hydrogen-bond acceptors (Lipinski definition) is 5. The van der Waals surface area contributed by atoms with Crippen molar-refractivity contribution in [2.75, 3.05) is 6.54 Å². The smallest absolute Gasteiger partial charge is 0.243 e. The van der Waals surface area contributed by atoms with Crippen molar-refractivity contribution in [3.63, 3.8) is 0 Å². The Bertz CT molecular complexity index is 1100. The number of carbonyl (C=O) groups excluding carboxylic acids is 2. The molecule has 1 fully saturated rings. The van der Waals surface area contributed by atoms with Gasteiger partial charge >= 0.3 is 0 Å². The molecule has 3 N–H and O–H groups in total. The van der Waals surface area contributed by atoms with Gasteiger partial charge in [-0.05, 0) is 29.2 Å². The van der Waals surface area contributed by atoms with Crippen molar-refractivity contribution in [2.24, 2.45) is 0 Å². The van der Waals surface area contributed by atoms with Crippen molar-refractivity contribution in [2.45, 2.75) is 50.9 Å². The Morgan fingerprint density at radius 3 is 2.73 bits per heavy atom. The minimum absolute atomic E-state index is 0.00358. The summed E-state index contributed by atoms with van der Waals surface area (Å²) in [4.78, 5) is 27.2. The number of nitrogens with zero attached hydrogens (tertiary/aromatic N) is 4. The van der Waals surface area contributed by atoms with Crippen LogP contribution >= 0.6 is 0 Å². The lowest BCUT2D eigenvalue weighted by atomic mass is 9.96. The minimum atomic E-state index is -1.32. The van der Waals surface area contributed by atoms with Crippen LogP contribution in [0.3, 0.4) is 0 Å². The summed E-state index contributed by atoms with van der Waals surface area (Å²) in [7, 11) is 0. The number of likely N-dealkylation sites (tertiary alicyclic amines) is 1. The van der Waals surface area contributed by atoms with Crippen molar-refractivity contribution in [3.8, 4) is 0 Å². The highest BCUT2D eigenvalue weighted by atomic mass is 19.1. The Labute approximate surface area is 189 Å². The second kappa shape index (κ2) is 9.47. The average molecular weight is 457 g/mol. The number of H-pyrrole nitrogens is 2. The van der Waals surface area contributed by atoms with Gasteiger partial charge in [0.1, 0.15) is 18.0 Å². The van der Waals surface area contributed by atoms with Crippen LogP contribution in [0, 0.1) is 5.82 Å². The molecule has 33 heavy (non-hydrogen) atoms. The van der Waals surface area contributed by atoms with Crippen LogP contribution in [0.4, 0.5) is 8.78 Å². The van der Waals surface area contributed by atoms with Crippen LogP contribution in [-0.2, 0) is 16.0 Å². The summed E-state index contributed by atoms with van der Waals surface area (Å²) < 4.78 is 28.9. The fourth-order valence-electron chi connectivity index (χ4n) is 4.08. The van der Waals surface area contributed by atoms with E-state index in [9.17, 15) is 18.4 Å². The molecule has 9 nitrogen and oxygen atoms in total. The second-order valence-corrected chi connectivity index (χ2v) is 8.44. The molecule has 11 heteroatoms. The van der Waals surface area contributed by atoms with E-state index in [-0.39, 0.29) is 31.1 Å². The summed E-state index contributed by atoms with van der Waals surface area (Å²) in [6.45, 7) is 3.61. The summed E-state index contributed by atoms with van der Waals surface area (Å²) >= 11 is 0. The van der Waals surface area contributed by atoms with E-state index >= 15 is 0 Å². The van der Waals surface area contributed by atoms with E-state index in [4.69, 9.17) is 0 Å². The van der Waals surface area contributed by atoms with E-state index in [0.717, 1.165) is 0 Å². The average Bonchev–Trinajstić information content (AvgIpc) is 3.53. The third-order valence-corrected chi connectivity index (χ3v) is 5.78. The van der Waals surface area contributed by atoms with Crippen LogP contribution in [0.2, 0.25) is 0 Å². The summed E-state index contributed by atoms with van der Waals surface area (Å²) in [5.74, 6) is -1.31. The Morgan fingerprint density at radius 2 is 2.09 bits per heavy atom. The van der Waals surface area contributed by atoms with E-state index in [1.54, 1.807) is 18.2 Å². The summed E-state index contributed by atoms with van der Waals surface area (Å²) in [6, 6.07) is 4.73. The highest BCUT2D eigenvalue weighted by Crippen LogP contribution is 2.27. The quantitative estimate of drug-likeness (QED) is 0.502. The lowest BCUT2D eigenvalue weighted by Crippen LogP contribution is -2.47. The highest BCUT2D eigenvalue weighted by Gasteiger charge is 2.40. The molecule has 174 valence electrons. The van der Waals surface area contributed by atoms with E-state index in [0.29, 0.717) is 22.5 Å². The summed E-state index contributed by atoms with van der Waals surface area (Å²) in [5.41, 5.74) is 2.08. The molecule has 3 aromatic rings. The van der Waals surface area contributed by atoms with Gasteiger partial charge in [-0.2, -0.15) is 5.10 Å². The second-order valence-electron chi connectivity index (χ2n) is 8.44. The third kappa shape index (κ3) is 4.91. The fourth-order valence-corrected chi connectivity index (χ4v) is 4.08. The maximum atomic E-state index is 14.7. The molecule has 0 bridgehead atoms. The molecule has 1 aliphatic rings. The molecular formula is C22H25F2N7O2. The van der Waals surface area contributed by atoms with E-state index in [1.807, 2.05) is 13.8 Å². The lowest BCUT2D eigenvalue weighted by molar-refractivity contribution is -0.138. The summed E-state index contributed by atoms with van der Waals surface area (Å²) in [5, 5.41) is 19.3. The van der Waals surface area contributed by atoms with Gasteiger partial charge in [-0.3, -0.25) is 19.8 Å². The van der Waals surface area contributed by atoms with Crippen molar-refractivity contribution >= 4 is 11.8 Å². The van der Waals surface area contributed by atoms with Crippen molar-refractivity contribution in [3.05, 3.63) is 65.0 Å². The minimum Gasteiger partial charge on any atom is -0.342 e. The molecule has 4 rings (SSSR count). The Hall–Kier alpha value is -3.63. The van der Waals surface area contributed by atoms with Crippen LogP contribution < -0.4 is 5.32 Å². The topological polar surface area (TPSA) is 120 Å². The van der Waals surface area contributed by atoms with Gasteiger partial charge in [-0.1, -0.05) is 31.2 Å². The van der Waals surface area contributed by atoms with Gasteiger partial charge in [-0.15, -0.1) is 5.10 Å². The van der Waals surface area contributed by atoms with Gasteiger partial charge in [-0.25, -0.2) is 8.78 Å². The summed E-state index contributed by atoms with van der Waals surface area (Å²) in [6.07, 6.45) is 1.41. The van der Waals surface area contributed by atoms with Gasteiger partial charge in [0.25, 0.3) is 0 Å². The number of nitrogens with one attached hydrogen (secondary N) is 3. The van der Waals surface area contributed by atoms with Crippen LogP contribution in [0.1, 0.15) is 54.7 Å². The Kier molecular flexibility index (Phi) is 6.47. The molecular weight excluding hydrogens is 432 g/mol. The molecule has 3 atom stereocenters. The molecule has 3 heterocycles. The first kappa shape index (κ1) is 22.6. The number of carbonyl (C=O) groups is 2. The standard InChI is InChI=1S/C22H25F2N7O2/c1-12(2)16-4-3-13(7-17(16)24)21(18-5-6-25-29-18)27-22(33)19-8-14(23)11-31(19)20(32)9-15-10-26-30-28-15/h3-7,10,12,14,19,21H,8-9,11H2,1-2H3,(H,25,29)(H,27,33)(H,26,28,30)/t14-,19+,21-/m1/s1. The maximum absolute atomic E-state index is 14.7. The zero-order valence-corrected chi connectivity index (χ0v) is 18.3. The molecule has 0 unspecified atom stereocenters. The molecule has 1 aliphatic heterocycles. The number of aromatic amines is 2. The van der Waals surface area contributed by atoms with E-state index < -0.39 is 30.1 Å². The number of halogens is 2. The molecule has 2 aromatic heterocycles. The normalized spacial score (nSPS) is 19.1. The number of rotatable bonds is 7. The number of benzene rings is 1. The van der Waals surface area contributed by atoms with Crippen LogP contribution in [0.15, 0.2) is 36.7 Å². The first-order valence-corrected chi connectivity index (χ1v) is 10.7. The van der Waals surface area contributed by atoms with Crippen LogP contribution in [0.5, 0.6) is 0 Å². The lowest BCUT2D eigenvalue weighted by Gasteiger charge is -2.26. The Morgan fingerprint density at radius 1 is 1.27 bits per heavy atom. The number of hydrogen-bond donors (Lipinski definition) is 3. The number of amides is 2. The highest BCUT2D eigenvalue weighted by molar-refractivity contribution is 5.89. The predicted octanol–water partition coefficient (Wildman–Crippen LogP) is 2.18. The van der Waals surface area contributed by atoms with Gasteiger partial charge < -0.3 is 10.2 Å². The van der Waals surface area contributed by atoms with Crippen molar-refractivity contribution in [1.82, 2.24) is 35.8 Å². The molecule has 2 amide bonds. The molecule has 1 saturated heterocycles. The molecule has 0 saturated carbocycles. The fraction of sp³-hybridized carbons (Fsp3) is 0.409. The van der Waals surface area contributed by atoms with E-state index in [2.05, 4.69) is 30.9 Å². The van der Waals surface area contributed by atoms with Gasteiger partial charge in [0.15, 0.2) is 0 Å². The van der Waals surface area contributed by atoms with E-state index in [1.165, 1.54) is 23.4 Å². The zero-order valence-electron chi connectivity index (χ0n) is 18.3. The molecule has 1 aromatic carbocycles. The molecule has 0 aliphatic carbocycles. The predicted molar refractivity (Wildman–Crippen MR) is 114 cm³/mol. The van der Waals surface area contributed by atoms with Crippen LogP contribution in [0.25, 0.3) is 0 Å². The first-order chi connectivity index (χ1) is 15.8. The Balaban J connectivity index is 1.56. The van der Waals surface area contributed by atoms with Crippen molar-refractivity contribution in [1.29, 1.82) is 0 Å². The van der Waals surface area contributed by atoms with Gasteiger partial charge in [0.05, 0.1) is 36.6 Å². The number of alkyl halides is 1. The first-order valence-electron chi connectivity index (χ1n) is 10.7. The van der Waals surface area contributed by atoms with Gasteiger partial charge in [0.2, 0.25) is 11.8 Å². The SMILES string of the molecule is CC(C)c1ccc([C@@H](NC(=O)[C@@H]2C[C@@H](F)CN2C(=O)Cc2cnn[nH]2)c2ccn[nH]2)cc1F. The monoisotopic (exact) mass is 457 g/mol. The zero-order chi connectivity index (χ0) is 23.5. The maximum Gasteiger partial charge on any atom is 0.243 e. The largest absolute Gasteiger partial charge is 0.342 e. The van der Waals surface area contributed by atoms with Crippen molar-refractivity contribution < 1.29 is 18.4 Å². The third-order valence-electron chi connectivity index (χ3n) is 5.78. The number of aromatic nitrogens is 5. The molecule has 0 spiro atoms. The molecule has 0 radical (unpaired) electrons.